The second-order valence-electron chi connectivity index (χ2n) is 2.45. The number of nitrogens with zero attached hydrogens (tertiary/aromatic N) is 3. The van der Waals surface area contributed by atoms with E-state index in [-0.39, 0.29) is 0 Å². The van der Waals surface area contributed by atoms with Gasteiger partial charge in [0.2, 0.25) is 0 Å². The fourth-order valence-corrected chi connectivity index (χ4v) is 1.07. The van der Waals surface area contributed by atoms with Crippen molar-refractivity contribution in [2.45, 2.75) is 20.8 Å². The summed E-state index contributed by atoms with van der Waals surface area (Å²) in [4.78, 5) is 4.03. The SMILES string of the molecule is CC.Cc1ncnn2cc(N)cc12. The average Bonchev–Trinajstić information content (AvgIpc) is 2.51. The number of hydrogen-bond donors (Lipinski definition) is 1. The minimum atomic E-state index is 0.716. The molecule has 0 saturated heterocycles. The number of anilines is 1. The molecule has 0 atom stereocenters. The Morgan fingerprint density at radius 2 is 2.08 bits per heavy atom. The lowest BCUT2D eigenvalue weighted by molar-refractivity contribution is 0.888. The van der Waals surface area contributed by atoms with Crippen LogP contribution in [0.4, 0.5) is 5.69 Å². The van der Waals surface area contributed by atoms with E-state index in [0.29, 0.717) is 5.69 Å². The fourth-order valence-electron chi connectivity index (χ4n) is 1.07. The molecule has 0 aliphatic carbocycles. The van der Waals surface area contributed by atoms with E-state index in [1.54, 1.807) is 10.7 Å². The predicted octanol–water partition coefficient (Wildman–Crippen LogP) is 1.65. The third kappa shape index (κ3) is 1.77. The van der Waals surface area contributed by atoms with Crippen LogP contribution in [0.1, 0.15) is 19.5 Å². The lowest BCUT2D eigenvalue weighted by atomic mass is 10.4. The number of hydrogen-bond acceptors (Lipinski definition) is 3. The summed E-state index contributed by atoms with van der Waals surface area (Å²) in [5.41, 5.74) is 8.19. The van der Waals surface area contributed by atoms with Gasteiger partial charge >= 0.3 is 0 Å². The summed E-state index contributed by atoms with van der Waals surface area (Å²) >= 11 is 0. The van der Waals surface area contributed by atoms with Gasteiger partial charge in [-0.05, 0) is 13.0 Å². The summed E-state index contributed by atoms with van der Waals surface area (Å²) < 4.78 is 1.72. The molecule has 0 saturated carbocycles. The Hall–Kier alpha value is -1.58. The molecule has 2 aromatic heterocycles. The smallest absolute Gasteiger partial charge is 0.136 e. The Balaban J connectivity index is 0.000000396. The lowest BCUT2D eigenvalue weighted by Gasteiger charge is -1.93. The zero-order valence-electron chi connectivity index (χ0n) is 8.15. The number of nitrogens with two attached hydrogens (primary N) is 1. The highest BCUT2D eigenvalue weighted by molar-refractivity contribution is 5.59. The van der Waals surface area contributed by atoms with E-state index in [2.05, 4.69) is 10.1 Å². The van der Waals surface area contributed by atoms with Gasteiger partial charge in [-0.15, -0.1) is 0 Å². The Labute approximate surface area is 77.4 Å². The Kier molecular flexibility index (Phi) is 2.84. The van der Waals surface area contributed by atoms with Crippen LogP contribution in [0.2, 0.25) is 0 Å². The van der Waals surface area contributed by atoms with Gasteiger partial charge in [0.25, 0.3) is 0 Å². The Morgan fingerprint density at radius 1 is 1.38 bits per heavy atom. The van der Waals surface area contributed by atoms with Gasteiger partial charge in [-0.3, -0.25) is 0 Å². The molecule has 0 amide bonds. The molecule has 70 valence electrons. The highest BCUT2D eigenvalue weighted by atomic mass is 15.2. The van der Waals surface area contributed by atoms with Crippen LogP contribution < -0.4 is 5.73 Å². The maximum Gasteiger partial charge on any atom is 0.136 e. The van der Waals surface area contributed by atoms with Gasteiger partial charge in [0.1, 0.15) is 6.33 Å². The predicted molar refractivity (Wildman–Crippen MR) is 53.5 cm³/mol. The third-order valence-corrected chi connectivity index (χ3v) is 1.62. The van der Waals surface area contributed by atoms with E-state index in [4.69, 9.17) is 5.73 Å². The summed E-state index contributed by atoms with van der Waals surface area (Å²) in [6.07, 6.45) is 3.28. The van der Waals surface area contributed by atoms with Crippen LogP contribution in [-0.4, -0.2) is 14.6 Å². The minimum absolute atomic E-state index is 0.716. The monoisotopic (exact) mass is 178 g/mol. The summed E-state index contributed by atoms with van der Waals surface area (Å²) in [7, 11) is 0. The number of aromatic nitrogens is 3. The van der Waals surface area contributed by atoms with E-state index in [1.165, 1.54) is 6.33 Å². The first-order valence-electron chi connectivity index (χ1n) is 4.33. The van der Waals surface area contributed by atoms with Crippen LogP contribution in [0.3, 0.4) is 0 Å². The quantitative estimate of drug-likeness (QED) is 0.667. The molecule has 13 heavy (non-hydrogen) atoms. The Bertz CT molecular complexity index is 391. The second kappa shape index (κ2) is 3.89. The van der Waals surface area contributed by atoms with Crippen LogP contribution in [0, 0.1) is 6.92 Å². The molecule has 0 bridgehead atoms. The zero-order chi connectivity index (χ0) is 9.84. The normalized spacial score (nSPS) is 9.46. The molecule has 2 heterocycles. The number of nitrogen functional groups attached to an aromatic ring is 1. The molecule has 0 aliphatic heterocycles. The van der Waals surface area contributed by atoms with Crippen molar-refractivity contribution in [1.29, 1.82) is 0 Å². The van der Waals surface area contributed by atoms with E-state index < -0.39 is 0 Å². The van der Waals surface area contributed by atoms with Crippen LogP contribution in [0.25, 0.3) is 5.52 Å². The topological polar surface area (TPSA) is 56.2 Å². The maximum atomic E-state index is 5.57. The molecular weight excluding hydrogens is 164 g/mol. The van der Waals surface area contributed by atoms with Crippen LogP contribution in [0.15, 0.2) is 18.6 Å². The molecule has 0 unspecified atom stereocenters. The van der Waals surface area contributed by atoms with Gasteiger partial charge in [-0.1, -0.05) is 13.8 Å². The van der Waals surface area contributed by atoms with Crippen molar-refractivity contribution in [2.75, 3.05) is 5.73 Å². The van der Waals surface area contributed by atoms with E-state index in [0.717, 1.165) is 11.2 Å². The summed E-state index contributed by atoms with van der Waals surface area (Å²) in [5.74, 6) is 0. The lowest BCUT2D eigenvalue weighted by Crippen LogP contribution is -1.92. The van der Waals surface area contributed by atoms with E-state index >= 15 is 0 Å². The molecule has 4 heteroatoms. The second-order valence-corrected chi connectivity index (χ2v) is 2.45. The first-order chi connectivity index (χ1) is 6.27. The van der Waals surface area contributed by atoms with Crippen LogP contribution >= 0.6 is 0 Å². The molecule has 2 aromatic rings. The van der Waals surface area contributed by atoms with Crippen molar-refractivity contribution >= 4 is 11.2 Å². The number of aryl methyl sites for hydroxylation is 1. The van der Waals surface area contributed by atoms with Gasteiger partial charge in [0.15, 0.2) is 0 Å². The number of fused-ring (bicyclic) bond motifs is 1. The average molecular weight is 178 g/mol. The standard InChI is InChI=1S/C7H8N4.C2H6/c1-5-7-2-6(8)3-11(7)10-4-9-5;1-2/h2-4H,8H2,1H3;1-2H3. The molecule has 2 rings (SSSR count). The van der Waals surface area contributed by atoms with Crippen molar-refractivity contribution in [3.63, 3.8) is 0 Å². The van der Waals surface area contributed by atoms with Crippen LogP contribution in [0.5, 0.6) is 0 Å². The van der Waals surface area contributed by atoms with Crippen molar-refractivity contribution < 1.29 is 0 Å². The molecule has 2 N–H and O–H groups in total. The molecule has 4 nitrogen and oxygen atoms in total. The first-order valence-corrected chi connectivity index (χ1v) is 4.33. The number of rotatable bonds is 0. The van der Waals surface area contributed by atoms with Gasteiger partial charge in [0.05, 0.1) is 23.1 Å². The first kappa shape index (κ1) is 9.51. The van der Waals surface area contributed by atoms with Crippen molar-refractivity contribution in [2.24, 2.45) is 0 Å². The van der Waals surface area contributed by atoms with Crippen molar-refractivity contribution in [3.8, 4) is 0 Å². The van der Waals surface area contributed by atoms with E-state index in [1.807, 2.05) is 26.8 Å². The summed E-state index contributed by atoms with van der Waals surface area (Å²) in [5, 5.41) is 3.99. The van der Waals surface area contributed by atoms with E-state index in [9.17, 15) is 0 Å². The molecule has 0 fully saturated rings. The van der Waals surface area contributed by atoms with Gasteiger partial charge < -0.3 is 5.73 Å². The summed E-state index contributed by atoms with van der Waals surface area (Å²) in [6, 6.07) is 1.86. The van der Waals surface area contributed by atoms with Crippen LogP contribution in [-0.2, 0) is 0 Å². The summed E-state index contributed by atoms with van der Waals surface area (Å²) in [6.45, 7) is 5.93. The largest absolute Gasteiger partial charge is 0.397 e. The molecule has 0 spiro atoms. The van der Waals surface area contributed by atoms with Gasteiger partial charge in [0, 0.05) is 0 Å². The fraction of sp³-hybridized carbons (Fsp3) is 0.333. The van der Waals surface area contributed by atoms with Gasteiger partial charge in [-0.2, -0.15) is 5.10 Å². The third-order valence-electron chi connectivity index (χ3n) is 1.62. The molecule has 0 aromatic carbocycles. The van der Waals surface area contributed by atoms with Crippen molar-refractivity contribution in [1.82, 2.24) is 14.6 Å². The van der Waals surface area contributed by atoms with Gasteiger partial charge in [-0.25, -0.2) is 9.50 Å². The minimum Gasteiger partial charge on any atom is -0.397 e. The zero-order valence-corrected chi connectivity index (χ0v) is 8.15. The Morgan fingerprint density at radius 3 is 2.69 bits per heavy atom. The maximum absolute atomic E-state index is 5.57. The molecular formula is C9H14N4. The highest BCUT2D eigenvalue weighted by Crippen LogP contribution is 2.11. The molecule has 0 aliphatic rings. The highest BCUT2D eigenvalue weighted by Gasteiger charge is 1.99. The molecule has 0 radical (unpaired) electrons. The van der Waals surface area contributed by atoms with Crippen molar-refractivity contribution in [3.05, 3.63) is 24.3 Å².